The molecule has 0 amide bonds. The van der Waals surface area contributed by atoms with Gasteiger partial charge in [-0.25, -0.2) is 0 Å². The molecule has 1 fully saturated rings. The number of hydrogen-bond acceptors (Lipinski definition) is 16. The van der Waals surface area contributed by atoms with E-state index in [1.54, 1.807) is 0 Å². The fourth-order valence-corrected chi connectivity index (χ4v) is 4.57. The molecule has 12 N–H and O–H groups in total. The Morgan fingerprint density at radius 3 is 1.88 bits per heavy atom. The van der Waals surface area contributed by atoms with E-state index in [1.807, 2.05) is 0 Å². The summed E-state index contributed by atoms with van der Waals surface area (Å²) in [5.74, 6) is -15.1. The van der Waals surface area contributed by atoms with Crippen LogP contribution in [0.1, 0.15) is 22.8 Å². The summed E-state index contributed by atoms with van der Waals surface area (Å²) in [6.45, 7) is -0.743. The largest absolute Gasteiger partial charge is 0.507 e. The van der Waals surface area contributed by atoms with Gasteiger partial charge in [-0.05, 0) is 24.3 Å². The van der Waals surface area contributed by atoms with Crippen LogP contribution in [0.25, 0.3) is 0 Å². The number of phenolic OH excluding ortho intramolecular Hbond substituents is 3. The topological polar surface area (TPSA) is 280 Å². The van der Waals surface area contributed by atoms with E-state index in [-0.39, 0.29) is 0 Å². The van der Waals surface area contributed by atoms with Gasteiger partial charge < -0.3 is 80.2 Å². The molecule has 0 spiro atoms. The number of halogens is 1. The van der Waals surface area contributed by atoms with E-state index in [0.29, 0.717) is 0 Å². The van der Waals surface area contributed by atoms with Crippen molar-refractivity contribution < 1.29 is 80.2 Å². The minimum absolute atomic E-state index is 0.496. The van der Waals surface area contributed by atoms with Gasteiger partial charge in [-0.15, -0.1) is 0 Å². The molecule has 16 nitrogen and oxygen atoms in total. The van der Waals surface area contributed by atoms with Gasteiger partial charge in [0.1, 0.15) is 42.0 Å². The van der Waals surface area contributed by atoms with Crippen molar-refractivity contribution in [1.82, 2.24) is 0 Å². The number of rotatable bonds is 9. The highest BCUT2D eigenvalue weighted by atomic mass is 35.5. The van der Waals surface area contributed by atoms with Gasteiger partial charge in [0.2, 0.25) is 5.79 Å². The predicted octanol–water partition coefficient (Wildman–Crippen LogP) is -2.89. The van der Waals surface area contributed by atoms with Gasteiger partial charge >= 0.3 is 11.9 Å². The minimum atomic E-state index is -4.10. The Hall–Kier alpha value is -2.55. The first-order valence-corrected chi connectivity index (χ1v) is 11.6. The van der Waals surface area contributed by atoms with Crippen LogP contribution in [0.15, 0.2) is 24.3 Å². The summed E-state index contributed by atoms with van der Waals surface area (Å²) in [5.41, 5.74) is -2.13. The molecule has 224 valence electrons. The second-order valence-corrected chi connectivity index (χ2v) is 9.24. The standard InChI is InChI=1S/C23H29ClO16/c1-37-19-14(26)10(7-25)39-18(20(19)38-2)11-15(27)12(13(24)17(29)16(11)28)21(30,31)8-3-5-9(6-4-8)40-23(35,36)22(32,33)34/h3-6,10,14,18-20,25-36H,7H2,1-2H3. The Morgan fingerprint density at radius 2 is 1.40 bits per heavy atom. The van der Waals surface area contributed by atoms with Gasteiger partial charge in [0.25, 0.3) is 0 Å². The molecule has 1 aliphatic heterocycles. The summed E-state index contributed by atoms with van der Waals surface area (Å²) in [6, 6.07) is 3.48. The maximum atomic E-state index is 11.2. The second kappa shape index (κ2) is 11.4. The van der Waals surface area contributed by atoms with E-state index in [4.69, 9.17) is 41.1 Å². The summed E-state index contributed by atoms with van der Waals surface area (Å²) in [4.78, 5) is 0. The molecule has 2 aromatic rings. The summed E-state index contributed by atoms with van der Waals surface area (Å²) in [6.07, 6.45) is -6.82. The molecule has 1 aliphatic rings. The number of hydrogen-bond donors (Lipinski definition) is 12. The first kappa shape index (κ1) is 32.0. The van der Waals surface area contributed by atoms with Crippen molar-refractivity contribution in [3.05, 3.63) is 46.0 Å². The van der Waals surface area contributed by atoms with Gasteiger partial charge in [-0.2, -0.15) is 0 Å². The quantitative estimate of drug-likeness (QED) is 0.0786. The van der Waals surface area contributed by atoms with Gasteiger partial charge in [-0.1, -0.05) is 11.6 Å². The van der Waals surface area contributed by atoms with E-state index in [2.05, 4.69) is 4.74 Å². The van der Waals surface area contributed by atoms with E-state index >= 15 is 0 Å². The highest BCUT2D eigenvalue weighted by molar-refractivity contribution is 6.33. The highest BCUT2D eigenvalue weighted by Crippen LogP contribution is 2.54. The number of phenols is 3. The SMILES string of the molecule is COC1C(c2c(O)c(O)c(Cl)c(C(O)(O)c3ccc(OC(O)(O)C(O)(O)O)cc3)c2O)OC(CO)C(O)C1OC. The van der Waals surface area contributed by atoms with Crippen LogP contribution in [-0.2, 0) is 20.0 Å². The number of ether oxygens (including phenoxy) is 4. The lowest BCUT2D eigenvalue weighted by atomic mass is 9.86. The zero-order chi connectivity index (χ0) is 30.4. The summed E-state index contributed by atoms with van der Waals surface area (Å²) < 4.78 is 20.7. The third kappa shape index (κ3) is 5.50. The maximum Gasteiger partial charge on any atom is 0.409 e. The number of benzene rings is 2. The van der Waals surface area contributed by atoms with Crippen LogP contribution in [0.3, 0.4) is 0 Å². The molecule has 2 aromatic carbocycles. The van der Waals surface area contributed by atoms with Crippen molar-refractivity contribution in [3.8, 4) is 23.0 Å². The lowest BCUT2D eigenvalue weighted by Gasteiger charge is -2.43. The Kier molecular flexibility index (Phi) is 9.09. The molecule has 5 atom stereocenters. The Labute approximate surface area is 230 Å². The van der Waals surface area contributed by atoms with Crippen molar-refractivity contribution in [2.45, 2.75) is 48.3 Å². The Balaban J connectivity index is 2.13. The zero-order valence-electron chi connectivity index (χ0n) is 20.8. The first-order chi connectivity index (χ1) is 18.4. The summed E-state index contributed by atoms with van der Waals surface area (Å²) >= 11 is 6.08. The van der Waals surface area contributed by atoms with Gasteiger partial charge in [0.05, 0.1) is 22.8 Å². The Bertz CT molecular complexity index is 1200. The third-order valence-corrected chi connectivity index (χ3v) is 6.74. The molecule has 0 saturated carbocycles. The van der Waals surface area contributed by atoms with Crippen molar-refractivity contribution in [2.75, 3.05) is 20.8 Å². The zero-order valence-corrected chi connectivity index (χ0v) is 21.5. The normalized spacial score (nSPS) is 24.2. The number of methoxy groups -OCH3 is 2. The molecular formula is C23H29ClO16. The monoisotopic (exact) mass is 596 g/mol. The molecule has 0 radical (unpaired) electrons. The molecule has 3 rings (SSSR count). The van der Waals surface area contributed by atoms with Crippen LogP contribution in [0.4, 0.5) is 0 Å². The van der Waals surface area contributed by atoms with E-state index in [9.17, 15) is 46.0 Å². The number of aromatic hydroxyl groups is 3. The van der Waals surface area contributed by atoms with Crippen LogP contribution >= 0.6 is 11.6 Å². The van der Waals surface area contributed by atoms with Crippen LogP contribution < -0.4 is 4.74 Å². The maximum absolute atomic E-state index is 11.2. The molecule has 0 bridgehead atoms. The van der Waals surface area contributed by atoms with E-state index in [1.165, 1.54) is 14.2 Å². The molecule has 17 heteroatoms. The van der Waals surface area contributed by atoms with Gasteiger partial charge in [0, 0.05) is 19.8 Å². The van der Waals surface area contributed by atoms with E-state index in [0.717, 1.165) is 24.3 Å². The van der Waals surface area contributed by atoms with Crippen molar-refractivity contribution in [1.29, 1.82) is 0 Å². The van der Waals surface area contributed by atoms with Gasteiger partial charge in [-0.3, -0.25) is 0 Å². The second-order valence-electron chi connectivity index (χ2n) is 8.86. The van der Waals surface area contributed by atoms with Crippen molar-refractivity contribution in [3.63, 3.8) is 0 Å². The number of aliphatic hydroxyl groups is 9. The average molecular weight is 597 g/mol. The van der Waals surface area contributed by atoms with Crippen LogP contribution in [-0.4, -0.2) is 118 Å². The molecule has 5 unspecified atom stereocenters. The Morgan fingerprint density at radius 1 is 0.850 bits per heavy atom. The third-order valence-electron chi connectivity index (χ3n) is 6.37. The van der Waals surface area contributed by atoms with Crippen molar-refractivity contribution >= 4 is 11.6 Å². The minimum Gasteiger partial charge on any atom is -0.507 e. The first-order valence-electron chi connectivity index (χ1n) is 11.3. The molecule has 40 heavy (non-hydrogen) atoms. The van der Waals surface area contributed by atoms with Gasteiger partial charge in [0.15, 0.2) is 11.5 Å². The summed E-state index contributed by atoms with van der Waals surface area (Å²) in [5, 5.41) is 120. The van der Waals surface area contributed by atoms with Crippen LogP contribution in [0.2, 0.25) is 5.02 Å². The fraction of sp³-hybridized carbons (Fsp3) is 0.478. The smallest absolute Gasteiger partial charge is 0.409 e. The average Bonchev–Trinajstić information content (AvgIpc) is 2.87. The van der Waals surface area contributed by atoms with Crippen LogP contribution in [0.5, 0.6) is 23.0 Å². The van der Waals surface area contributed by atoms with Crippen molar-refractivity contribution in [2.24, 2.45) is 0 Å². The molecular weight excluding hydrogens is 568 g/mol. The molecule has 0 aliphatic carbocycles. The summed E-state index contributed by atoms with van der Waals surface area (Å²) in [7, 11) is 2.39. The van der Waals surface area contributed by atoms with Crippen LogP contribution in [0, 0.1) is 0 Å². The molecule has 1 saturated heterocycles. The fourth-order valence-electron chi connectivity index (χ4n) is 4.26. The number of aliphatic hydroxyl groups excluding tert-OH is 2. The van der Waals surface area contributed by atoms with E-state index < -0.39 is 99.6 Å². The molecule has 0 aromatic heterocycles. The highest BCUT2D eigenvalue weighted by Gasteiger charge is 2.51. The predicted molar refractivity (Wildman–Crippen MR) is 128 cm³/mol. The lowest BCUT2D eigenvalue weighted by Crippen LogP contribution is -2.58. The molecule has 1 heterocycles. The lowest BCUT2D eigenvalue weighted by molar-refractivity contribution is -0.502.